The van der Waals surface area contributed by atoms with Crippen LogP contribution >= 0.6 is 0 Å². The van der Waals surface area contributed by atoms with Crippen LogP contribution in [-0.2, 0) is 11.3 Å². The highest BCUT2D eigenvalue weighted by atomic mass is 16.5. The molecule has 0 aliphatic heterocycles. The third-order valence-electron chi connectivity index (χ3n) is 5.03. The maximum atomic E-state index is 12.8. The summed E-state index contributed by atoms with van der Waals surface area (Å²) >= 11 is 0. The van der Waals surface area contributed by atoms with Crippen molar-refractivity contribution in [2.45, 2.75) is 53.0 Å². The van der Waals surface area contributed by atoms with E-state index in [1.165, 1.54) is 16.7 Å². The molecule has 0 aliphatic carbocycles. The molecule has 0 saturated carbocycles. The van der Waals surface area contributed by atoms with E-state index in [2.05, 4.69) is 64.2 Å². The first kappa shape index (κ1) is 22.0. The lowest BCUT2D eigenvalue weighted by Crippen LogP contribution is -3.08. The lowest BCUT2D eigenvalue weighted by Gasteiger charge is -2.21. The van der Waals surface area contributed by atoms with Gasteiger partial charge in [-0.2, -0.15) is 0 Å². The SMILES string of the molecule is COc1ccc(C)cc1C[NH+](C)CC(=O)Nc1c(C(C)C)cccc1C(C)C. The minimum Gasteiger partial charge on any atom is -0.496 e. The van der Waals surface area contributed by atoms with E-state index in [9.17, 15) is 4.79 Å². The Balaban J connectivity index is 2.13. The van der Waals surface area contributed by atoms with Crippen LogP contribution < -0.4 is 15.0 Å². The van der Waals surface area contributed by atoms with Crippen LogP contribution in [0.25, 0.3) is 0 Å². The summed E-state index contributed by atoms with van der Waals surface area (Å²) in [5, 5.41) is 3.21. The Kier molecular flexibility index (Phi) is 7.64. The van der Waals surface area contributed by atoms with Crippen molar-refractivity contribution in [2.75, 3.05) is 26.0 Å². The molecular formula is C24H35N2O2+. The van der Waals surface area contributed by atoms with Crippen LogP contribution in [0, 0.1) is 6.92 Å². The Hall–Kier alpha value is -2.33. The molecule has 0 spiro atoms. The van der Waals surface area contributed by atoms with E-state index in [1.807, 2.05) is 19.2 Å². The number of ether oxygens (including phenoxy) is 1. The van der Waals surface area contributed by atoms with Gasteiger partial charge < -0.3 is 15.0 Å². The van der Waals surface area contributed by atoms with E-state index in [0.29, 0.717) is 18.4 Å². The highest BCUT2D eigenvalue weighted by Gasteiger charge is 2.18. The van der Waals surface area contributed by atoms with E-state index >= 15 is 0 Å². The number of benzene rings is 2. The average Bonchev–Trinajstić information content (AvgIpc) is 2.61. The van der Waals surface area contributed by atoms with Crippen molar-refractivity contribution < 1.29 is 14.4 Å². The topological polar surface area (TPSA) is 42.8 Å². The molecule has 1 unspecified atom stereocenters. The Morgan fingerprint density at radius 3 is 2.21 bits per heavy atom. The Morgan fingerprint density at radius 1 is 1.07 bits per heavy atom. The molecule has 4 nitrogen and oxygen atoms in total. The molecule has 0 aliphatic rings. The quantitative estimate of drug-likeness (QED) is 0.726. The molecule has 2 rings (SSSR count). The molecule has 0 heterocycles. The van der Waals surface area contributed by atoms with Crippen molar-refractivity contribution in [3.8, 4) is 5.75 Å². The number of para-hydroxylation sites is 1. The number of anilines is 1. The number of amides is 1. The van der Waals surface area contributed by atoms with Crippen LogP contribution in [0.15, 0.2) is 36.4 Å². The first-order valence-corrected chi connectivity index (χ1v) is 10.1. The third kappa shape index (κ3) is 5.59. The summed E-state index contributed by atoms with van der Waals surface area (Å²) in [6.07, 6.45) is 0. The van der Waals surface area contributed by atoms with Crippen molar-refractivity contribution in [1.82, 2.24) is 0 Å². The van der Waals surface area contributed by atoms with E-state index in [4.69, 9.17) is 4.74 Å². The maximum Gasteiger partial charge on any atom is 0.279 e. The van der Waals surface area contributed by atoms with Crippen LogP contribution in [0.4, 0.5) is 5.69 Å². The molecule has 4 heteroatoms. The van der Waals surface area contributed by atoms with E-state index in [-0.39, 0.29) is 5.91 Å². The van der Waals surface area contributed by atoms with Gasteiger partial charge in [0, 0.05) is 11.3 Å². The van der Waals surface area contributed by atoms with Gasteiger partial charge in [-0.1, -0.05) is 57.5 Å². The summed E-state index contributed by atoms with van der Waals surface area (Å²) in [6, 6.07) is 12.5. The Bertz CT molecular complexity index is 786. The van der Waals surface area contributed by atoms with Gasteiger partial charge >= 0.3 is 0 Å². The summed E-state index contributed by atoms with van der Waals surface area (Å²) in [5.41, 5.74) is 5.69. The molecule has 1 atom stereocenters. The molecule has 0 bridgehead atoms. The minimum atomic E-state index is 0.0409. The fourth-order valence-electron chi connectivity index (χ4n) is 3.59. The van der Waals surface area contributed by atoms with E-state index < -0.39 is 0 Å². The van der Waals surface area contributed by atoms with Crippen LogP contribution in [0.1, 0.15) is 61.8 Å². The van der Waals surface area contributed by atoms with Gasteiger partial charge in [0.25, 0.3) is 5.91 Å². The predicted octanol–water partition coefficient (Wildman–Crippen LogP) is 3.90. The van der Waals surface area contributed by atoms with Crippen molar-refractivity contribution >= 4 is 11.6 Å². The van der Waals surface area contributed by atoms with E-state index in [0.717, 1.165) is 28.4 Å². The average molecular weight is 384 g/mol. The van der Waals surface area contributed by atoms with Gasteiger partial charge in [0.05, 0.1) is 14.2 Å². The summed E-state index contributed by atoms with van der Waals surface area (Å²) < 4.78 is 5.47. The van der Waals surface area contributed by atoms with Gasteiger partial charge in [-0.05, 0) is 42.0 Å². The number of quaternary nitrogens is 1. The van der Waals surface area contributed by atoms with Crippen LogP contribution in [0.5, 0.6) is 5.75 Å². The standard InChI is InChI=1S/C24H34N2O2/c1-16(2)20-9-8-10-21(17(3)4)24(20)25-23(27)15-26(6)14-19-13-18(5)11-12-22(19)28-7/h8-13,16-17H,14-15H2,1-7H3,(H,25,27)/p+1. The van der Waals surface area contributed by atoms with Crippen molar-refractivity contribution in [3.63, 3.8) is 0 Å². The lowest BCUT2D eigenvalue weighted by atomic mass is 9.92. The molecule has 28 heavy (non-hydrogen) atoms. The summed E-state index contributed by atoms with van der Waals surface area (Å²) in [5.74, 6) is 1.63. The number of hydrogen-bond acceptors (Lipinski definition) is 2. The largest absolute Gasteiger partial charge is 0.496 e. The van der Waals surface area contributed by atoms with E-state index in [1.54, 1.807) is 7.11 Å². The van der Waals surface area contributed by atoms with Crippen LogP contribution in [0.2, 0.25) is 0 Å². The van der Waals surface area contributed by atoms with Gasteiger partial charge in [-0.15, -0.1) is 0 Å². The smallest absolute Gasteiger partial charge is 0.279 e. The zero-order valence-electron chi connectivity index (χ0n) is 18.3. The lowest BCUT2D eigenvalue weighted by molar-refractivity contribution is -0.885. The van der Waals surface area contributed by atoms with Gasteiger partial charge in [-0.3, -0.25) is 4.79 Å². The monoisotopic (exact) mass is 383 g/mol. The summed E-state index contributed by atoms with van der Waals surface area (Å²) in [7, 11) is 3.73. The Morgan fingerprint density at radius 2 is 1.68 bits per heavy atom. The van der Waals surface area contributed by atoms with Crippen molar-refractivity contribution in [2.24, 2.45) is 0 Å². The molecule has 0 fully saturated rings. The van der Waals surface area contributed by atoms with Gasteiger partial charge in [0.15, 0.2) is 6.54 Å². The van der Waals surface area contributed by atoms with Crippen LogP contribution in [-0.4, -0.2) is 26.6 Å². The first-order chi connectivity index (χ1) is 13.2. The fourth-order valence-corrected chi connectivity index (χ4v) is 3.59. The Labute approximate surface area is 169 Å². The highest BCUT2D eigenvalue weighted by molar-refractivity contribution is 5.93. The molecule has 2 aromatic carbocycles. The zero-order chi connectivity index (χ0) is 20.8. The molecule has 152 valence electrons. The summed E-state index contributed by atoms with van der Waals surface area (Å²) in [4.78, 5) is 13.9. The number of nitrogens with one attached hydrogen (secondary N) is 2. The fraction of sp³-hybridized carbons (Fsp3) is 0.458. The molecule has 2 aromatic rings. The zero-order valence-corrected chi connectivity index (χ0v) is 18.3. The molecule has 0 aromatic heterocycles. The summed E-state index contributed by atoms with van der Waals surface area (Å²) in [6.45, 7) is 11.9. The highest BCUT2D eigenvalue weighted by Crippen LogP contribution is 2.32. The van der Waals surface area contributed by atoms with Gasteiger partial charge in [-0.25, -0.2) is 0 Å². The number of carbonyl (C=O) groups is 1. The first-order valence-electron chi connectivity index (χ1n) is 10.1. The predicted molar refractivity (Wildman–Crippen MR) is 116 cm³/mol. The molecule has 0 radical (unpaired) electrons. The number of likely N-dealkylation sites (N-methyl/N-ethyl adjacent to an activating group) is 1. The normalized spacial score (nSPS) is 12.3. The number of carbonyl (C=O) groups excluding carboxylic acids is 1. The number of methoxy groups -OCH3 is 1. The second-order valence-corrected chi connectivity index (χ2v) is 8.30. The van der Waals surface area contributed by atoms with Crippen LogP contribution in [0.3, 0.4) is 0 Å². The van der Waals surface area contributed by atoms with Gasteiger partial charge in [0.2, 0.25) is 0 Å². The molecular weight excluding hydrogens is 348 g/mol. The molecule has 2 N–H and O–H groups in total. The molecule has 0 saturated heterocycles. The maximum absolute atomic E-state index is 12.8. The number of aryl methyl sites for hydroxylation is 1. The van der Waals surface area contributed by atoms with Crippen molar-refractivity contribution in [1.29, 1.82) is 0 Å². The van der Waals surface area contributed by atoms with Crippen molar-refractivity contribution in [3.05, 3.63) is 58.7 Å². The second kappa shape index (κ2) is 9.74. The van der Waals surface area contributed by atoms with Gasteiger partial charge in [0.1, 0.15) is 12.3 Å². The third-order valence-corrected chi connectivity index (χ3v) is 5.03. The molecule has 1 amide bonds. The minimum absolute atomic E-state index is 0.0409. The second-order valence-electron chi connectivity index (χ2n) is 8.30. The number of hydrogen-bond donors (Lipinski definition) is 2. The number of rotatable bonds is 8.